The molecule has 9 heavy (non-hydrogen) atoms. The summed E-state index contributed by atoms with van der Waals surface area (Å²) in [6.07, 6.45) is 7.39. The lowest BCUT2D eigenvalue weighted by Gasteiger charge is -2.02. The monoisotopic (exact) mass is 127 g/mol. The highest BCUT2D eigenvalue weighted by molar-refractivity contribution is 4.87. The van der Waals surface area contributed by atoms with E-state index in [2.05, 4.69) is 0 Å². The Hall–Kier alpha value is -0.300. The summed E-state index contributed by atoms with van der Waals surface area (Å²) in [4.78, 5) is 0. The molecule has 0 spiro atoms. The average Bonchev–Trinajstić information content (AvgIpc) is 1.89. The van der Waals surface area contributed by atoms with Crippen molar-refractivity contribution in [1.29, 1.82) is 0 Å². The predicted octanol–water partition coefficient (Wildman–Crippen LogP) is 1.93. The predicted molar refractivity (Wildman–Crippen MR) is 40.0 cm³/mol. The fourth-order valence-electron chi connectivity index (χ4n) is 0.538. The van der Waals surface area contributed by atoms with E-state index in [9.17, 15) is 0 Å². The lowest BCUT2D eigenvalue weighted by molar-refractivity contribution is 0.200. The van der Waals surface area contributed by atoms with Gasteiger partial charge in [-0.25, -0.2) is 0 Å². The van der Waals surface area contributed by atoms with Crippen LogP contribution in [0.4, 0.5) is 0 Å². The van der Waals surface area contributed by atoms with Crippen LogP contribution in [0.5, 0.6) is 0 Å². The molecule has 1 atom stereocenters. The van der Waals surface area contributed by atoms with Crippen LogP contribution in [0.1, 0.15) is 26.7 Å². The van der Waals surface area contributed by atoms with Gasteiger partial charge in [-0.2, -0.15) is 0 Å². The maximum Gasteiger partial charge on any atom is 0.0572 e. The van der Waals surface area contributed by atoms with Crippen LogP contribution in [-0.4, -0.2) is 11.2 Å². The van der Waals surface area contributed by atoms with Crippen molar-refractivity contribution in [2.45, 2.75) is 32.8 Å². The van der Waals surface area contributed by atoms with Crippen molar-refractivity contribution in [2.75, 3.05) is 0 Å². The summed E-state index contributed by atoms with van der Waals surface area (Å²) in [6.45, 7) is 3.95. The first kappa shape index (κ1) is 8.70. The lowest BCUT2D eigenvalue weighted by Crippen LogP contribution is -2.03. The van der Waals surface area contributed by atoms with Gasteiger partial charge in [-0.15, -0.1) is 0 Å². The lowest BCUT2D eigenvalue weighted by atomic mass is 10.1. The minimum atomic E-state index is -0.221. The molecule has 0 saturated carbocycles. The topological polar surface area (TPSA) is 20.2 Å². The second-order valence-electron chi connectivity index (χ2n) is 2.02. The molecule has 0 aromatic carbocycles. The summed E-state index contributed by atoms with van der Waals surface area (Å²) >= 11 is 0. The number of aliphatic hydroxyl groups excluding tert-OH is 1. The van der Waals surface area contributed by atoms with E-state index in [0.717, 1.165) is 12.8 Å². The Labute approximate surface area is 57.4 Å². The van der Waals surface area contributed by atoms with Crippen LogP contribution in [0.3, 0.4) is 0 Å². The normalized spacial score (nSPS) is 14.6. The SMILES string of the molecule is C/C=C/C[CH]C(O)CC. The molecule has 1 nitrogen and oxygen atoms in total. The summed E-state index contributed by atoms with van der Waals surface area (Å²) in [6, 6.07) is 0. The molecule has 0 bridgehead atoms. The molecule has 0 aliphatic heterocycles. The Balaban J connectivity index is 3.06. The summed E-state index contributed by atoms with van der Waals surface area (Å²) < 4.78 is 0. The van der Waals surface area contributed by atoms with Crippen LogP contribution >= 0.6 is 0 Å². The summed E-state index contributed by atoms with van der Waals surface area (Å²) in [5, 5.41) is 9.00. The van der Waals surface area contributed by atoms with Crippen molar-refractivity contribution < 1.29 is 5.11 Å². The largest absolute Gasteiger partial charge is 0.393 e. The van der Waals surface area contributed by atoms with E-state index in [0.29, 0.717) is 0 Å². The van der Waals surface area contributed by atoms with Gasteiger partial charge in [-0.1, -0.05) is 19.1 Å². The van der Waals surface area contributed by atoms with Gasteiger partial charge in [-0.05, 0) is 26.2 Å². The molecule has 0 aliphatic carbocycles. The van der Waals surface area contributed by atoms with Gasteiger partial charge in [0.25, 0.3) is 0 Å². The van der Waals surface area contributed by atoms with Crippen molar-refractivity contribution in [3.05, 3.63) is 18.6 Å². The molecule has 1 radical (unpaired) electrons. The molecule has 1 unspecified atom stereocenters. The van der Waals surface area contributed by atoms with Gasteiger partial charge in [-0.3, -0.25) is 0 Å². The highest BCUT2D eigenvalue weighted by atomic mass is 16.3. The van der Waals surface area contributed by atoms with Crippen molar-refractivity contribution in [3.8, 4) is 0 Å². The molecule has 0 amide bonds. The zero-order valence-corrected chi connectivity index (χ0v) is 6.17. The van der Waals surface area contributed by atoms with Gasteiger partial charge in [0.2, 0.25) is 0 Å². The average molecular weight is 127 g/mol. The first-order chi connectivity index (χ1) is 4.31. The summed E-state index contributed by atoms with van der Waals surface area (Å²) in [7, 11) is 0. The van der Waals surface area contributed by atoms with E-state index in [1.54, 1.807) is 0 Å². The van der Waals surface area contributed by atoms with Gasteiger partial charge >= 0.3 is 0 Å². The van der Waals surface area contributed by atoms with Crippen LogP contribution < -0.4 is 0 Å². The van der Waals surface area contributed by atoms with E-state index < -0.39 is 0 Å². The maximum atomic E-state index is 9.00. The Morgan fingerprint density at radius 1 is 1.56 bits per heavy atom. The van der Waals surface area contributed by atoms with Crippen molar-refractivity contribution in [3.63, 3.8) is 0 Å². The molecule has 0 aromatic heterocycles. The summed E-state index contributed by atoms with van der Waals surface area (Å²) in [5.74, 6) is 0. The highest BCUT2D eigenvalue weighted by Crippen LogP contribution is 1.99. The van der Waals surface area contributed by atoms with Crippen LogP contribution in [0, 0.1) is 6.42 Å². The van der Waals surface area contributed by atoms with Gasteiger partial charge in [0, 0.05) is 0 Å². The second-order valence-corrected chi connectivity index (χ2v) is 2.02. The van der Waals surface area contributed by atoms with Crippen LogP contribution in [-0.2, 0) is 0 Å². The molecular formula is C8H15O. The minimum Gasteiger partial charge on any atom is -0.393 e. The molecule has 1 N–H and O–H groups in total. The van der Waals surface area contributed by atoms with Crippen molar-refractivity contribution >= 4 is 0 Å². The van der Waals surface area contributed by atoms with Gasteiger partial charge in [0.15, 0.2) is 0 Å². The number of allylic oxidation sites excluding steroid dienone is 2. The molecule has 53 valence electrons. The van der Waals surface area contributed by atoms with E-state index in [1.807, 2.05) is 32.4 Å². The maximum absolute atomic E-state index is 9.00. The van der Waals surface area contributed by atoms with E-state index >= 15 is 0 Å². The molecule has 0 heterocycles. The van der Waals surface area contributed by atoms with Gasteiger partial charge < -0.3 is 5.11 Å². The molecular weight excluding hydrogens is 112 g/mol. The van der Waals surface area contributed by atoms with E-state index in [1.165, 1.54) is 0 Å². The first-order valence-electron chi connectivity index (χ1n) is 3.43. The van der Waals surface area contributed by atoms with Crippen LogP contribution in [0.25, 0.3) is 0 Å². The Bertz CT molecular complexity index is 76.6. The Morgan fingerprint density at radius 3 is 2.67 bits per heavy atom. The molecule has 0 saturated heterocycles. The molecule has 0 aromatic rings. The zero-order chi connectivity index (χ0) is 7.11. The fraction of sp³-hybridized carbons (Fsp3) is 0.625. The Morgan fingerprint density at radius 2 is 2.22 bits per heavy atom. The number of hydrogen-bond donors (Lipinski definition) is 1. The fourth-order valence-corrected chi connectivity index (χ4v) is 0.538. The third-order valence-electron chi connectivity index (χ3n) is 1.20. The number of rotatable bonds is 4. The number of aliphatic hydroxyl groups is 1. The molecule has 1 heteroatoms. The smallest absolute Gasteiger partial charge is 0.0572 e. The zero-order valence-electron chi connectivity index (χ0n) is 6.17. The quantitative estimate of drug-likeness (QED) is 0.572. The van der Waals surface area contributed by atoms with Gasteiger partial charge in [0.05, 0.1) is 6.10 Å². The third-order valence-corrected chi connectivity index (χ3v) is 1.20. The number of hydrogen-bond acceptors (Lipinski definition) is 1. The minimum absolute atomic E-state index is 0.221. The molecule has 0 fully saturated rings. The van der Waals surface area contributed by atoms with Crippen LogP contribution in [0.15, 0.2) is 12.2 Å². The van der Waals surface area contributed by atoms with Crippen LogP contribution in [0.2, 0.25) is 0 Å². The van der Waals surface area contributed by atoms with Gasteiger partial charge in [0.1, 0.15) is 0 Å². The molecule has 0 rings (SSSR count). The van der Waals surface area contributed by atoms with E-state index in [-0.39, 0.29) is 6.10 Å². The van der Waals surface area contributed by atoms with Crippen molar-refractivity contribution in [1.82, 2.24) is 0 Å². The molecule has 0 aliphatic rings. The first-order valence-corrected chi connectivity index (χ1v) is 3.43. The van der Waals surface area contributed by atoms with Crippen molar-refractivity contribution in [2.24, 2.45) is 0 Å². The second kappa shape index (κ2) is 5.83. The summed E-state index contributed by atoms with van der Waals surface area (Å²) in [5.41, 5.74) is 0. The highest BCUT2D eigenvalue weighted by Gasteiger charge is 1.96. The van der Waals surface area contributed by atoms with E-state index in [4.69, 9.17) is 5.11 Å². The standard InChI is InChI=1S/C8H15O/c1-3-5-6-7-8(9)4-2/h3,5,7-9H,4,6H2,1-2H3/b5-3+. The Kier molecular flexibility index (Phi) is 5.64. The third kappa shape index (κ3) is 5.57.